The minimum atomic E-state index is -4.40. The highest BCUT2D eigenvalue weighted by molar-refractivity contribution is 5.83. The van der Waals surface area contributed by atoms with E-state index in [2.05, 4.69) is 15.0 Å². The van der Waals surface area contributed by atoms with Crippen molar-refractivity contribution in [3.05, 3.63) is 53.9 Å². The molecule has 0 saturated heterocycles. The predicted molar refractivity (Wildman–Crippen MR) is 96.2 cm³/mol. The molecule has 0 spiro atoms. The van der Waals surface area contributed by atoms with Crippen LogP contribution in [0.3, 0.4) is 0 Å². The molecule has 1 heterocycles. The molecule has 0 bridgehead atoms. The maximum absolute atomic E-state index is 12.5. The van der Waals surface area contributed by atoms with Crippen LogP contribution in [0.5, 0.6) is 11.5 Å². The molecule has 1 amide bonds. The lowest BCUT2D eigenvalue weighted by molar-refractivity contribution is -0.153. The third-order valence-electron chi connectivity index (χ3n) is 4.61. The number of aromatic nitrogens is 1. The summed E-state index contributed by atoms with van der Waals surface area (Å²) < 4.78 is 46.4. The van der Waals surface area contributed by atoms with Gasteiger partial charge in [0, 0.05) is 5.92 Å². The Morgan fingerprint density at radius 1 is 1.29 bits per heavy atom. The lowest BCUT2D eigenvalue weighted by atomic mass is 10.1. The number of nitrogens with one attached hydrogen (secondary N) is 1. The fourth-order valence-corrected chi connectivity index (χ4v) is 3.02. The molecule has 1 fully saturated rings. The Hall–Kier alpha value is -2.77. The van der Waals surface area contributed by atoms with Gasteiger partial charge in [0.05, 0.1) is 25.0 Å². The van der Waals surface area contributed by atoms with E-state index in [1.807, 2.05) is 24.3 Å². The second kappa shape index (κ2) is 8.08. The lowest BCUT2D eigenvalue weighted by Crippen LogP contribution is -2.29. The molecule has 8 heteroatoms. The Bertz CT molecular complexity index is 824. The van der Waals surface area contributed by atoms with Gasteiger partial charge in [-0.25, -0.2) is 0 Å². The summed E-state index contributed by atoms with van der Waals surface area (Å²) in [6, 6.07) is 10.3. The quantitative estimate of drug-likeness (QED) is 0.771. The predicted octanol–water partition coefficient (Wildman–Crippen LogP) is 4.01. The molecule has 0 aliphatic heterocycles. The van der Waals surface area contributed by atoms with Crippen molar-refractivity contribution in [3.8, 4) is 11.5 Å². The van der Waals surface area contributed by atoms with Crippen molar-refractivity contribution >= 4 is 5.91 Å². The number of methoxy groups -OCH3 is 1. The van der Waals surface area contributed by atoms with E-state index in [-0.39, 0.29) is 29.5 Å². The molecule has 1 aliphatic carbocycles. The van der Waals surface area contributed by atoms with Gasteiger partial charge in [0.2, 0.25) is 5.91 Å². The molecule has 0 radical (unpaired) electrons. The molecule has 2 aromatic rings. The minimum Gasteiger partial charge on any atom is -0.497 e. The summed E-state index contributed by atoms with van der Waals surface area (Å²) in [5.74, 6) is 0.769. The number of carbonyl (C=O) groups excluding carboxylic acids is 1. The van der Waals surface area contributed by atoms with Gasteiger partial charge in [0.25, 0.3) is 0 Å². The van der Waals surface area contributed by atoms with Gasteiger partial charge in [-0.05, 0) is 49.1 Å². The van der Waals surface area contributed by atoms with E-state index in [0.29, 0.717) is 5.69 Å². The van der Waals surface area contributed by atoms with Crippen LogP contribution in [0.2, 0.25) is 0 Å². The number of hydrogen-bond acceptors (Lipinski definition) is 4. The van der Waals surface area contributed by atoms with Gasteiger partial charge in [0.1, 0.15) is 11.5 Å². The van der Waals surface area contributed by atoms with Crippen LogP contribution < -0.4 is 14.8 Å². The maximum Gasteiger partial charge on any atom is 0.422 e. The topological polar surface area (TPSA) is 60.5 Å². The molecule has 150 valence electrons. The zero-order valence-corrected chi connectivity index (χ0v) is 15.5. The first-order valence-corrected chi connectivity index (χ1v) is 8.86. The van der Waals surface area contributed by atoms with Crippen molar-refractivity contribution in [1.82, 2.24) is 10.3 Å². The van der Waals surface area contributed by atoms with Crippen LogP contribution in [0.25, 0.3) is 0 Å². The molecule has 28 heavy (non-hydrogen) atoms. The molecular weight excluding hydrogens is 373 g/mol. The van der Waals surface area contributed by atoms with Crippen LogP contribution in [0.4, 0.5) is 13.2 Å². The van der Waals surface area contributed by atoms with Crippen molar-refractivity contribution in [2.75, 3.05) is 13.7 Å². The summed E-state index contributed by atoms with van der Waals surface area (Å²) in [7, 11) is 1.60. The van der Waals surface area contributed by atoms with E-state index in [9.17, 15) is 18.0 Å². The summed E-state index contributed by atoms with van der Waals surface area (Å²) >= 11 is 0. The van der Waals surface area contributed by atoms with Crippen LogP contribution in [-0.2, 0) is 4.79 Å². The van der Waals surface area contributed by atoms with Gasteiger partial charge in [-0.2, -0.15) is 13.2 Å². The van der Waals surface area contributed by atoms with Crippen molar-refractivity contribution in [3.63, 3.8) is 0 Å². The van der Waals surface area contributed by atoms with E-state index in [1.165, 1.54) is 12.3 Å². The minimum absolute atomic E-state index is 0.0277. The SMILES string of the molecule is COc1cccc([C@@H]2C[C@H]2C(=O)NC(C)c2ccc(OCC(F)(F)F)cn2)c1. The van der Waals surface area contributed by atoms with E-state index in [1.54, 1.807) is 20.1 Å². The molecule has 5 nitrogen and oxygen atoms in total. The van der Waals surface area contributed by atoms with Crippen LogP contribution in [0.15, 0.2) is 42.6 Å². The van der Waals surface area contributed by atoms with Crippen LogP contribution in [0, 0.1) is 5.92 Å². The lowest BCUT2D eigenvalue weighted by Gasteiger charge is -2.14. The fraction of sp³-hybridized carbons (Fsp3) is 0.400. The van der Waals surface area contributed by atoms with Crippen molar-refractivity contribution < 1.29 is 27.4 Å². The summed E-state index contributed by atoms with van der Waals surface area (Å²) in [6.45, 7) is 0.410. The van der Waals surface area contributed by atoms with E-state index in [4.69, 9.17) is 4.74 Å². The van der Waals surface area contributed by atoms with Gasteiger partial charge in [0.15, 0.2) is 6.61 Å². The monoisotopic (exact) mass is 394 g/mol. The number of amides is 1. The molecule has 1 saturated carbocycles. The molecule has 3 rings (SSSR count). The first kappa shape index (κ1) is 20.0. The summed E-state index contributed by atoms with van der Waals surface area (Å²) in [6.07, 6.45) is -2.41. The smallest absolute Gasteiger partial charge is 0.422 e. The van der Waals surface area contributed by atoms with E-state index < -0.39 is 12.8 Å². The number of alkyl halides is 3. The standard InChI is InChI=1S/C20H21F3N2O3/c1-12(18-7-6-15(10-24-18)28-11-20(21,22)23)25-19(26)17-9-16(17)13-4-3-5-14(8-13)27-2/h3-8,10,12,16-17H,9,11H2,1-2H3,(H,25,26)/t12?,16-,17+/m0/s1. The van der Waals surface area contributed by atoms with Gasteiger partial charge in [-0.15, -0.1) is 0 Å². The van der Waals surface area contributed by atoms with Crippen LogP contribution in [0.1, 0.15) is 36.6 Å². The third kappa shape index (κ3) is 5.15. The number of halogens is 3. The third-order valence-corrected chi connectivity index (χ3v) is 4.61. The molecular formula is C20H21F3N2O3. The number of nitrogens with zero attached hydrogens (tertiary/aromatic N) is 1. The average Bonchev–Trinajstić information content (AvgIpc) is 3.47. The number of benzene rings is 1. The summed E-state index contributed by atoms with van der Waals surface area (Å²) in [4.78, 5) is 16.6. The van der Waals surface area contributed by atoms with Crippen molar-refractivity contribution in [2.45, 2.75) is 31.5 Å². The maximum atomic E-state index is 12.5. The second-order valence-corrected chi connectivity index (χ2v) is 6.78. The number of hydrogen-bond donors (Lipinski definition) is 1. The summed E-state index contributed by atoms with van der Waals surface area (Å²) in [5.41, 5.74) is 1.61. The Labute approximate surface area is 160 Å². The zero-order chi connectivity index (χ0) is 20.3. The van der Waals surface area contributed by atoms with Gasteiger partial charge in [-0.3, -0.25) is 9.78 Å². The van der Waals surface area contributed by atoms with Crippen LogP contribution in [-0.4, -0.2) is 30.8 Å². The number of carbonyl (C=O) groups is 1. The number of pyridine rings is 1. The first-order chi connectivity index (χ1) is 13.3. The number of rotatable bonds is 7. The zero-order valence-electron chi connectivity index (χ0n) is 15.5. The summed E-state index contributed by atoms with van der Waals surface area (Å²) in [5, 5.41) is 2.91. The largest absolute Gasteiger partial charge is 0.497 e. The fourth-order valence-electron chi connectivity index (χ4n) is 3.02. The highest BCUT2D eigenvalue weighted by atomic mass is 19.4. The number of ether oxygens (including phenoxy) is 2. The normalized spacial score (nSPS) is 19.6. The Balaban J connectivity index is 1.53. The Morgan fingerprint density at radius 2 is 2.07 bits per heavy atom. The molecule has 1 aromatic carbocycles. The molecule has 1 unspecified atom stereocenters. The van der Waals surface area contributed by atoms with Gasteiger partial charge >= 0.3 is 6.18 Å². The average molecular weight is 394 g/mol. The Morgan fingerprint density at radius 3 is 2.71 bits per heavy atom. The van der Waals surface area contributed by atoms with Crippen molar-refractivity contribution in [1.29, 1.82) is 0 Å². The van der Waals surface area contributed by atoms with E-state index in [0.717, 1.165) is 17.7 Å². The van der Waals surface area contributed by atoms with Gasteiger partial charge in [-0.1, -0.05) is 12.1 Å². The van der Waals surface area contributed by atoms with Gasteiger partial charge < -0.3 is 14.8 Å². The van der Waals surface area contributed by atoms with Crippen LogP contribution >= 0.6 is 0 Å². The Kier molecular flexibility index (Phi) is 5.76. The molecule has 1 aromatic heterocycles. The molecule has 1 aliphatic rings. The second-order valence-electron chi connectivity index (χ2n) is 6.78. The highest BCUT2D eigenvalue weighted by Gasteiger charge is 2.44. The highest BCUT2D eigenvalue weighted by Crippen LogP contribution is 2.48. The molecule has 1 N–H and O–H groups in total. The first-order valence-electron chi connectivity index (χ1n) is 8.86. The van der Waals surface area contributed by atoms with Crippen molar-refractivity contribution in [2.24, 2.45) is 5.92 Å². The molecule has 3 atom stereocenters. The van der Waals surface area contributed by atoms with E-state index >= 15 is 0 Å².